The number of rotatable bonds is 3. The molecule has 1 N–H and O–H groups in total. The molecule has 16 heavy (non-hydrogen) atoms. The van der Waals surface area contributed by atoms with E-state index in [0.29, 0.717) is 12.1 Å². The van der Waals surface area contributed by atoms with Crippen LogP contribution in [0.5, 0.6) is 0 Å². The molecule has 0 atom stereocenters. The summed E-state index contributed by atoms with van der Waals surface area (Å²) in [4.78, 5) is 0. The lowest BCUT2D eigenvalue weighted by atomic mass is 10.2. The van der Waals surface area contributed by atoms with Crippen molar-refractivity contribution >= 4 is 5.69 Å². The van der Waals surface area contributed by atoms with Crippen molar-refractivity contribution in [2.45, 2.75) is 6.54 Å². The predicted molar refractivity (Wildman–Crippen MR) is 56.9 cm³/mol. The number of nitrogens with zero attached hydrogens (tertiary/aromatic N) is 2. The molecule has 0 unspecified atom stereocenters. The monoisotopic (exact) mass is 223 g/mol. The Hall–Kier alpha value is -1.91. The van der Waals surface area contributed by atoms with Crippen LogP contribution in [0.2, 0.25) is 0 Å². The molecule has 0 aliphatic rings. The first-order chi connectivity index (χ1) is 7.65. The van der Waals surface area contributed by atoms with Crippen molar-refractivity contribution in [3.63, 3.8) is 0 Å². The first-order valence-electron chi connectivity index (χ1n) is 4.81. The van der Waals surface area contributed by atoms with Gasteiger partial charge in [-0.3, -0.25) is 4.68 Å². The summed E-state index contributed by atoms with van der Waals surface area (Å²) < 4.78 is 27.5. The van der Waals surface area contributed by atoms with E-state index in [0.717, 1.165) is 11.8 Å². The number of anilines is 1. The van der Waals surface area contributed by atoms with Gasteiger partial charge in [0.15, 0.2) is 0 Å². The van der Waals surface area contributed by atoms with Gasteiger partial charge in [-0.2, -0.15) is 5.10 Å². The lowest BCUT2D eigenvalue weighted by Crippen LogP contribution is -2.01. The summed E-state index contributed by atoms with van der Waals surface area (Å²) in [5, 5.41) is 6.96. The van der Waals surface area contributed by atoms with Crippen LogP contribution in [-0.4, -0.2) is 9.78 Å². The second-order valence-electron chi connectivity index (χ2n) is 3.49. The Morgan fingerprint density at radius 3 is 2.81 bits per heavy atom. The molecule has 1 aromatic carbocycles. The molecule has 0 bridgehead atoms. The van der Waals surface area contributed by atoms with Crippen molar-refractivity contribution < 1.29 is 8.78 Å². The number of hydrogen-bond acceptors (Lipinski definition) is 2. The van der Waals surface area contributed by atoms with Gasteiger partial charge in [0.1, 0.15) is 11.6 Å². The third-order valence-corrected chi connectivity index (χ3v) is 2.20. The highest BCUT2D eigenvalue weighted by Crippen LogP contribution is 2.12. The van der Waals surface area contributed by atoms with Crippen LogP contribution in [0, 0.1) is 11.6 Å². The van der Waals surface area contributed by atoms with Crippen LogP contribution < -0.4 is 5.32 Å². The molecule has 5 heteroatoms. The van der Waals surface area contributed by atoms with E-state index in [1.165, 1.54) is 12.1 Å². The average Bonchev–Trinajstić information content (AvgIpc) is 2.63. The molecule has 0 saturated carbocycles. The van der Waals surface area contributed by atoms with Crippen molar-refractivity contribution in [1.82, 2.24) is 9.78 Å². The maximum Gasteiger partial charge on any atom is 0.131 e. The highest BCUT2D eigenvalue weighted by atomic mass is 19.1. The first-order valence-corrected chi connectivity index (χ1v) is 4.81. The van der Waals surface area contributed by atoms with Crippen LogP contribution in [0.4, 0.5) is 14.5 Å². The Kier molecular flexibility index (Phi) is 2.85. The number of nitrogens with one attached hydrogen (secondary N) is 1. The molecule has 1 aromatic heterocycles. The van der Waals surface area contributed by atoms with Gasteiger partial charge in [0.2, 0.25) is 0 Å². The summed E-state index contributed by atoms with van der Waals surface area (Å²) in [5.41, 5.74) is 1.22. The fraction of sp³-hybridized carbons (Fsp3) is 0.182. The van der Waals surface area contributed by atoms with Crippen LogP contribution >= 0.6 is 0 Å². The van der Waals surface area contributed by atoms with E-state index in [-0.39, 0.29) is 0 Å². The zero-order valence-corrected chi connectivity index (χ0v) is 8.74. The molecule has 3 nitrogen and oxygen atoms in total. The maximum atomic E-state index is 13.3. The van der Waals surface area contributed by atoms with E-state index in [9.17, 15) is 8.78 Å². The number of aryl methyl sites for hydroxylation is 1. The topological polar surface area (TPSA) is 29.9 Å². The summed E-state index contributed by atoms with van der Waals surface area (Å²) in [6, 6.07) is 3.54. The molecule has 2 aromatic rings. The zero-order valence-electron chi connectivity index (χ0n) is 8.74. The van der Waals surface area contributed by atoms with E-state index in [1.807, 2.05) is 0 Å². The lowest BCUT2D eigenvalue weighted by Gasteiger charge is -2.04. The van der Waals surface area contributed by atoms with Gasteiger partial charge in [-0.1, -0.05) is 6.07 Å². The third kappa shape index (κ3) is 2.36. The minimum atomic E-state index is -0.567. The van der Waals surface area contributed by atoms with Crippen LogP contribution in [0.3, 0.4) is 0 Å². The number of benzene rings is 1. The minimum absolute atomic E-state index is 0.303. The van der Waals surface area contributed by atoms with E-state index >= 15 is 0 Å². The molecule has 0 spiro atoms. The Labute approximate surface area is 91.7 Å². The summed E-state index contributed by atoms with van der Waals surface area (Å²) >= 11 is 0. The van der Waals surface area contributed by atoms with Crippen LogP contribution in [0.1, 0.15) is 5.56 Å². The van der Waals surface area contributed by atoms with Crippen LogP contribution in [0.25, 0.3) is 0 Å². The molecule has 84 valence electrons. The largest absolute Gasteiger partial charge is 0.378 e. The van der Waals surface area contributed by atoms with Crippen molar-refractivity contribution in [2.75, 3.05) is 5.32 Å². The van der Waals surface area contributed by atoms with Crippen molar-refractivity contribution in [1.29, 1.82) is 0 Å². The second-order valence-corrected chi connectivity index (χ2v) is 3.49. The third-order valence-electron chi connectivity index (χ3n) is 2.20. The van der Waals surface area contributed by atoms with E-state index in [2.05, 4.69) is 10.4 Å². The predicted octanol–water partition coefficient (Wildman–Crippen LogP) is 2.31. The molecular formula is C11H11F2N3. The Morgan fingerprint density at radius 1 is 1.38 bits per heavy atom. The molecule has 0 amide bonds. The van der Waals surface area contributed by atoms with Gasteiger partial charge in [-0.05, 0) is 6.07 Å². The highest BCUT2D eigenvalue weighted by molar-refractivity contribution is 5.39. The molecule has 1 heterocycles. The Balaban J connectivity index is 2.04. The SMILES string of the molecule is Cn1cc(NCc2ccc(F)cc2F)cn1. The lowest BCUT2D eigenvalue weighted by molar-refractivity contribution is 0.574. The van der Waals surface area contributed by atoms with E-state index in [1.54, 1.807) is 24.1 Å². The summed E-state index contributed by atoms with van der Waals surface area (Å²) in [5.74, 6) is -1.11. The summed E-state index contributed by atoms with van der Waals surface area (Å²) in [6.07, 6.45) is 3.42. The number of hydrogen-bond donors (Lipinski definition) is 1. The van der Waals surface area contributed by atoms with Gasteiger partial charge in [0, 0.05) is 31.4 Å². The zero-order chi connectivity index (χ0) is 11.5. The van der Waals surface area contributed by atoms with Crippen LogP contribution in [-0.2, 0) is 13.6 Å². The second kappa shape index (κ2) is 4.30. The quantitative estimate of drug-likeness (QED) is 0.865. The minimum Gasteiger partial charge on any atom is -0.378 e. The van der Waals surface area contributed by atoms with Crippen molar-refractivity contribution in [2.24, 2.45) is 7.05 Å². The standard InChI is InChI=1S/C11H11F2N3/c1-16-7-10(6-15-16)14-5-8-2-3-9(12)4-11(8)13/h2-4,6-7,14H,5H2,1H3. The Bertz CT molecular complexity index is 494. The van der Waals surface area contributed by atoms with Gasteiger partial charge in [0.05, 0.1) is 11.9 Å². The smallest absolute Gasteiger partial charge is 0.131 e. The molecule has 2 rings (SSSR count). The average molecular weight is 223 g/mol. The Morgan fingerprint density at radius 2 is 2.19 bits per heavy atom. The first kappa shape index (κ1) is 10.6. The normalized spacial score (nSPS) is 10.4. The molecule has 0 radical (unpaired) electrons. The fourth-order valence-electron chi connectivity index (χ4n) is 1.37. The van der Waals surface area contributed by atoms with Gasteiger partial charge >= 0.3 is 0 Å². The van der Waals surface area contributed by atoms with Crippen molar-refractivity contribution in [3.05, 3.63) is 47.8 Å². The summed E-state index contributed by atoms with van der Waals surface area (Å²) in [6.45, 7) is 0.303. The fourth-order valence-corrected chi connectivity index (χ4v) is 1.37. The van der Waals surface area contributed by atoms with Gasteiger partial charge in [-0.15, -0.1) is 0 Å². The van der Waals surface area contributed by atoms with E-state index < -0.39 is 11.6 Å². The summed E-state index contributed by atoms with van der Waals surface area (Å²) in [7, 11) is 1.80. The van der Waals surface area contributed by atoms with Crippen molar-refractivity contribution in [3.8, 4) is 0 Å². The molecule has 0 saturated heterocycles. The maximum absolute atomic E-state index is 13.3. The van der Waals surface area contributed by atoms with Crippen LogP contribution in [0.15, 0.2) is 30.6 Å². The number of aromatic nitrogens is 2. The molecule has 0 fully saturated rings. The molecular weight excluding hydrogens is 212 g/mol. The van der Waals surface area contributed by atoms with Gasteiger partial charge in [0.25, 0.3) is 0 Å². The van der Waals surface area contributed by atoms with Gasteiger partial charge < -0.3 is 5.32 Å². The molecule has 0 aliphatic heterocycles. The van der Waals surface area contributed by atoms with E-state index in [4.69, 9.17) is 0 Å². The highest BCUT2D eigenvalue weighted by Gasteiger charge is 2.03. The molecule has 0 aliphatic carbocycles. The number of halogens is 2. The van der Waals surface area contributed by atoms with Gasteiger partial charge in [-0.25, -0.2) is 8.78 Å².